The number of hydrogen-bond donors (Lipinski definition) is 1. The molecule has 0 saturated heterocycles. The number of aliphatic hydroxyl groups excluding tert-OH is 1. The van der Waals surface area contributed by atoms with Gasteiger partial charge in [-0.2, -0.15) is 5.26 Å². The molecular formula is C9H10N2OS. The van der Waals surface area contributed by atoms with Crippen LogP contribution in [-0.4, -0.2) is 16.2 Å². The molecule has 1 aromatic heterocycles. The fourth-order valence-corrected chi connectivity index (χ4v) is 1.43. The van der Waals surface area contributed by atoms with Crippen LogP contribution in [0.1, 0.15) is 17.6 Å². The lowest BCUT2D eigenvalue weighted by molar-refractivity contribution is 0.267. The van der Waals surface area contributed by atoms with Gasteiger partial charge in [0, 0.05) is 5.38 Å². The second-order valence-corrected chi connectivity index (χ2v) is 3.77. The molecule has 0 aliphatic heterocycles. The highest BCUT2D eigenvalue weighted by molar-refractivity contribution is 7.09. The third-order valence-corrected chi connectivity index (χ3v) is 2.36. The van der Waals surface area contributed by atoms with Crippen molar-refractivity contribution in [2.45, 2.75) is 20.0 Å². The number of hydrogen-bond acceptors (Lipinski definition) is 4. The molecule has 1 rings (SSSR count). The van der Waals surface area contributed by atoms with Gasteiger partial charge in [-0.1, -0.05) is 0 Å². The van der Waals surface area contributed by atoms with Gasteiger partial charge in [0.25, 0.3) is 0 Å². The van der Waals surface area contributed by atoms with Gasteiger partial charge in [0.05, 0.1) is 16.8 Å². The van der Waals surface area contributed by atoms with E-state index in [1.54, 1.807) is 30.4 Å². The SMILES string of the molecule is C/C(=C\c1csc(C)n1)C(O)C#N. The monoisotopic (exact) mass is 194 g/mol. The summed E-state index contributed by atoms with van der Waals surface area (Å²) in [4.78, 5) is 4.19. The summed E-state index contributed by atoms with van der Waals surface area (Å²) >= 11 is 1.55. The maximum atomic E-state index is 9.14. The first kappa shape index (κ1) is 9.90. The Morgan fingerprint density at radius 3 is 3.00 bits per heavy atom. The zero-order valence-corrected chi connectivity index (χ0v) is 8.30. The van der Waals surface area contributed by atoms with Crippen LogP contribution in [0.4, 0.5) is 0 Å². The van der Waals surface area contributed by atoms with E-state index in [9.17, 15) is 0 Å². The number of nitrogens with zero attached hydrogens (tertiary/aromatic N) is 2. The summed E-state index contributed by atoms with van der Waals surface area (Å²) in [5.41, 5.74) is 1.42. The van der Waals surface area contributed by atoms with E-state index < -0.39 is 6.10 Å². The van der Waals surface area contributed by atoms with Crippen LogP contribution in [0.3, 0.4) is 0 Å². The molecule has 0 spiro atoms. The third kappa shape index (κ3) is 2.65. The Morgan fingerprint density at radius 2 is 2.54 bits per heavy atom. The van der Waals surface area contributed by atoms with Crippen molar-refractivity contribution < 1.29 is 5.11 Å². The fourth-order valence-electron chi connectivity index (χ4n) is 0.860. The van der Waals surface area contributed by atoms with Crippen molar-refractivity contribution in [1.82, 2.24) is 4.98 Å². The summed E-state index contributed by atoms with van der Waals surface area (Å²) in [6, 6.07) is 1.75. The summed E-state index contributed by atoms with van der Waals surface area (Å²) in [5, 5.41) is 20.4. The van der Waals surface area contributed by atoms with Gasteiger partial charge in [0.1, 0.15) is 0 Å². The van der Waals surface area contributed by atoms with Crippen LogP contribution in [0.15, 0.2) is 11.0 Å². The minimum atomic E-state index is -1.03. The first-order valence-electron chi connectivity index (χ1n) is 3.81. The van der Waals surface area contributed by atoms with E-state index in [2.05, 4.69) is 4.98 Å². The normalized spacial score (nSPS) is 13.8. The minimum Gasteiger partial charge on any atom is -0.374 e. The summed E-state index contributed by atoms with van der Waals surface area (Å²) < 4.78 is 0. The Labute approximate surface area is 81.0 Å². The van der Waals surface area contributed by atoms with Gasteiger partial charge in [-0.15, -0.1) is 11.3 Å². The van der Waals surface area contributed by atoms with Crippen LogP contribution in [0.2, 0.25) is 0 Å². The molecule has 68 valence electrons. The molecule has 1 N–H and O–H groups in total. The molecule has 0 amide bonds. The highest BCUT2D eigenvalue weighted by Crippen LogP contribution is 2.12. The molecule has 0 fully saturated rings. The average Bonchev–Trinajstić information content (AvgIpc) is 2.49. The number of thiazole rings is 1. The van der Waals surface area contributed by atoms with Crippen molar-refractivity contribution in [1.29, 1.82) is 5.26 Å². The van der Waals surface area contributed by atoms with E-state index in [-0.39, 0.29) is 0 Å². The van der Waals surface area contributed by atoms with E-state index in [4.69, 9.17) is 10.4 Å². The lowest BCUT2D eigenvalue weighted by atomic mass is 10.1. The molecule has 1 aromatic rings. The predicted molar refractivity (Wildman–Crippen MR) is 52.1 cm³/mol. The smallest absolute Gasteiger partial charge is 0.162 e. The number of aliphatic hydroxyl groups is 1. The van der Waals surface area contributed by atoms with Crippen molar-refractivity contribution >= 4 is 17.4 Å². The van der Waals surface area contributed by atoms with Gasteiger partial charge in [-0.05, 0) is 25.5 Å². The Bertz CT molecular complexity index is 362. The topological polar surface area (TPSA) is 56.9 Å². The zero-order valence-electron chi connectivity index (χ0n) is 7.48. The maximum absolute atomic E-state index is 9.14. The summed E-state index contributed by atoms with van der Waals surface area (Å²) in [5.74, 6) is 0. The highest BCUT2D eigenvalue weighted by Gasteiger charge is 2.04. The van der Waals surface area contributed by atoms with Crippen molar-refractivity contribution in [2.75, 3.05) is 0 Å². The number of aryl methyl sites for hydroxylation is 1. The summed E-state index contributed by atoms with van der Waals surface area (Å²) in [6.45, 7) is 3.63. The molecule has 1 atom stereocenters. The number of rotatable bonds is 2. The number of aromatic nitrogens is 1. The molecule has 1 heterocycles. The van der Waals surface area contributed by atoms with E-state index in [1.807, 2.05) is 12.3 Å². The zero-order chi connectivity index (χ0) is 9.84. The molecular weight excluding hydrogens is 184 g/mol. The Kier molecular flexibility index (Phi) is 3.18. The first-order valence-corrected chi connectivity index (χ1v) is 4.69. The van der Waals surface area contributed by atoms with Gasteiger partial charge in [-0.25, -0.2) is 4.98 Å². The third-order valence-electron chi connectivity index (χ3n) is 1.57. The van der Waals surface area contributed by atoms with E-state index in [0.29, 0.717) is 5.57 Å². The van der Waals surface area contributed by atoms with Crippen LogP contribution in [-0.2, 0) is 0 Å². The van der Waals surface area contributed by atoms with Crippen molar-refractivity contribution in [3.63, 3.8) is 0 Å². The molecule has 0 aliphatic carbocycles. The molecule has 0 radical (unpaired) electrons. The molecule has 1 unspecified atom stereocenters. The van der Waals surface area contributed by atoms with Gasteiger partial charge in [-0.3, -0.25) is 0 Å². The standard InChI is InChI=1S/C9H10N2OS/c1-6(9(12)4-10)3-8-5-13-7(2)11-8/h3,5,9,12H,1-2H3/b6-3+. The van der Waals surface area contributed by atoms with Crippen LogP contribution >= 0.6 is 11.3 Å². The van der Waals surface area contributed by atoms with Crippen molar-refractivity contribution in [2.24, 2.45) is 0 Å². The van der Waals surface area contributed by atoms with E-state index >= 15 is 0 Å². The quantitative estimate of drug-likeness (QED) is 0.729. The van der Waals surface area contributed by atoms with E-state index in [0.717, 1.165) is 10.7 Å². The van der Waals surface area contributed by atoms with Gasteiger partial charge in [0.2, 0.25) is 0 Å². The Morgan fingerprint density at radius 1 is 1.85 bits per heavy atom. The first-order chi connectivity index (χ1) is 6.13. The second-order valence-electron chi connectivity index (χ2n) is 2.71. The lowest BCUT2D eigenvalue weighted by Crippen LogP contribution is -2.03. The van der Waals surface area contributed by atoms with Crippen LogP contribution < -0.4 is 0 Å². The second kappa shape index (κ2) is 4.17. The maximum Gasteiger partial charge on any atom is 0.162 e. The van der Waals surface area contributed by atoms with Crippen molar-refractivity contribution in [3.8, 4) is 6.07 Å². The summed E-state index contributed by atoms with van der Waals surface area (Å²) in [7, 11) is 0. The molecule has 3 nitrogen and oxygen atoms in total. The molecule has 4 heteroatoms. The van der Waals surface area contributed by atoms with Crippen LogP contribution in [0.5, 0.6) is 0 Å². The highest BCUT2D eigenvalue weighted by atomic mass is 32.1. The molecule has 13 heavy (non-hydrogen) atoms. The predicted octanol–water partition coefficient (Wildman–Crippen LogP) is 1.74. The van der Waals surface area contributed by atoms with Gasteiger partial charge in [0.15, 0.2) is 6.10 Å². The van der Waals surface area contributed by atoms with Crippen molar-refractivity contribution in [3.05, 3.63) is 21.7 Å². The van der Waals surface area contributed by atoms with E-state index in [1.165, 1.54) is 0 Å². The Balaban J connectivity index is 2.83. The van der Waals surface area contributed by atoms with Crippen LogP contribution in [0, 0.1) is 18.3 Å². The molecule has 0 aliphatic rings. The molecule has 0 bridgehead atoms. The minimum absolute atomic E-state index is 0.618. The largest absolute Gasteiger partial charge is 0.374 e. The fraction of sp³-hybridized carbons (Fsp3) is 0.333. The molecule has 0 aromatic carbocycles. The van der Waals surface area contributed by atoms with Gasteiger partial charge < -0.3 is 5.11 Å². The average molecular weight is 194 g/mol. The number of nitriles is 1. The molecule has 0 saturated carbocycles. The lowest BCUT2D eigenvalue weighted by Gasteiger charge is -1.98. The summed E-state index contributed by atoms with van der Waals surface area (Å²) in [6.07, 6.45) is 0.694. The Hall–Kier alpha value is -1.18. The van der Waals surface area contributed by atoms with Crippen LogP contribution in [0.25, 0.3) is 6.08 Å². The van der Waals surface area contributed by atoms with Gasteiger partial charge >= 0.3 is 0 Å².